The summed E-state index contributed by atoms with van der Waals surface area (Å²) >= 11 is 0. The number of benzene rings is 1. The molecule has 1 rings (SSSR count). The second-order valence-electron chi connectivity index (χ2n) is 3.72. The maximum absolute atomic E-state index is 12.7. The highest BCUT2D eigenvalue weighted by Gasteiger charge is 2.32. The van der Waals surface area contributed by atoms with Crippen LogP contribution in [0.1, 0.15) is 22.2 Å². The lowest BCUT2D eigenvalue weighted by atomic mass is 10.2. The van der Waals surface area contributed by atoms with Crippen LogP contribution in [-0.2, 0) is 24.4 Å². The highest BCUT2D eigenvalue weighted by atomic mass is 32.2. The fourth-order valence-electron chi connectivity index (χ4n) is 1.37. The van der Waals surface area contributed by atoms with Gasteiger partial charge in [0.15, 0.2) is 0 Å². The van der Waals surface area contributed by atoms with Crippen molar-refractivity contribution in [2.45, 2.75) is 25.7 Å². The lowest BCUT2D eigenvalue weighted by Gasteiger charge is -2.18. The van der Waals surface area contributed by atoms with Crippen molar-refractivity contribution in [3.05, 3.63) is 41.0 Å². The lowest BCUT2D eigenvalue weighted by Crippen LogP contribution is -2.03. The van der Waals surface area contributed by atoms with Crippen molar-refractivity contribution in [2.24, 2.45) is 0 Å². The SMILES string of the molecule is [2H]C([2H])=C([S@@](=O)c1ccc(C)cc1)P(=O)(OCC)OCC. The maximum atomic E-state index is 12.7. The maximum Gasteiger partial charge on any atom is 0.369 e. The average molecular weight is 304 g/mol. The van der Waals surface area contributed by atoms with Crippen LogP contribution in [0.5, 0.6) is 0 Å². The molecule has 0 fully saturated rings. The predicted octanol–water partition coefficient (Wildman–Crippen LogP) is 3.84. The molecule has 1 aromatic rings. The molecule has 1 atom stereocenters. The monoisotopic (exact) mass is 304 g/mol. The summed E-state index contributed by atoms with van der Waals surface area (Å²) < 4.78 is 50.0. The summed E-state index contributed by atoms with van der Waals surface area (Å²) in [5.74, 6) is 0. The zero-order valence-electron chi connectivity index (χ0n) is 13.2. The van der Waals surface area contributed by atoms with E-state index in [1.54, 1.807) is 38.1 Å². The number of hydrogen-bond acceptors (Lipinski definition) is 4. The molecule has 6 heteroatoms. The molecule has 0 radical (unpaired) electrons. The second-order valence-corrected chi connectivity index (χ2v) is 7.40. The van der Waals surface area contributed by atoms with Crippen LogP contribution >= 0.6 is 7.60 Å². The first-order chi connectivity index (χ1) is 9.85. The lowest BCUT2D eigenvalue weighted by molar-refractivity contribution is 0.228. The van der Waals surface area contributed by atoms with E-state index >= 15 is 0 Å². The van der Waals surface area contributed by atoms with E-state index in [2.05, 4.69) is 0 Å². The Morgan fingerprint density at radius 2 is 1.84 bits per heavy atom. The van der Waals surface area contributed by atoms with Gasteiger partial charge in [0.05, 0.1) is 26.8 Å². The fraction of sp³-hybridized carbons (Fsp3) is 0.385. The third-order valence-electron chi connectivity index (χ3n) is 2.26. The van der Waals surface area contributed by atoms with Crippen molar-refractivity contribution < 1.29 is 20.6 Å². The first-order valence-corrected chi connectivity index (χ1v) is 8.60. The van der Waals surface area contributed by atoms with Crippen LogP contribution < -0.4 is 0 Å². The molecule has 0 spiro atoms. The minimum atomic E-state index is -3.91. The Morgan fingerprint density at radius 3 is 2.26 bits per heavy atom. The molecule has 0 aliphatic carbocycles. The Morgan fingerprint density at radius 1 is 1.32 bits per heavy atom. The van der Waals surface area contributed by atoms with Gasteiger partial charge in [0, 0.05) is 4.90 Å². The molecular weight excluding hydrogens is 283 g/mol. The Labute approximate surface area is 119 Å². The zero-order chi connectivity index (χ0) is 16.0. The van der Waals surface area contributed by atoms with Crippen molar-refractivity contribution in [1.29, 1.82) is 0 Å². The van der Waals surface area contributed by atoms with E-state index in [0.29, 0.717) is 4.90 Å². The van der Waals surface area contributed by atoms with Gasteiger partial charge in [-0.1, -0.05) is 24.2 Å². The van der Waals surface area contributed by atoms with Crippen LogP contribution in [0.25, 0.3) is 0 Å². The summed E-state index contributed by atoms with van der Waals surface area (Å²) in [6.45, 7) is 4.45. The third-order valence-corrected chi connectivity index (χ3v) is 6.17. The second kappa shape index (κ2) is 7.15. The fourth-order valence-corrected chi connectivity index (χ4v) is 4.41. The van der Waals surface area contributed by atoms with Gasteiger partial charge in [0.1, 0.15) is 4.65 Å². The zero-order valence-corrected chi connectivity index (χ0v) is 12.9. The predicted molar refractivity (Wildman–Crippen MR) is 77.6 cm³/mol. The molecule has 0 aliphatic rings. The van der Waals surface area contributed by atoms with Crippen molar-refractivity contribution in [2.75, 3.05) is 13.2 Å². The number of hydrogen-bond donors (Lipinski definition) is 0. The Kier molecular flexibility index (Phi) is 4.99. The summed E-state index contributed by atoms with van der Waals surface area (Å²) in [4.78, 5) is 0.354. The molecule has 0 aliphatic heterocycles. The van der Waals surface area contributed by atoms with Gasteiger partial charge >= 0.3 is 7.60 Å². The van der Waals surface area contributed by atoms with E-state index in [4.69, 9.17) is 11.8 Å². The van der Waals surface area contributed by atoms with Gasteiger partial charge in [-0.2, -0.15) is 0 Å². The van der Waals surface area contributed by atoms with Crippen LogP contribution in [0.3, 0.4) is 0 Å². The van der Waals surface area contributed by atoms with Gasteiger partial charge < -0.3 is 9.05 Å². The minimum absolute atomic E-state index is 0.0686. The van der Waals surface area contributed by atoms with E-state index in [0.717, 1.165) is 5.56 Å². The van der Waals surface area contributed by atoms with Crippen LogP contribution in [0.2, 0.25) is 0 Å². The molecule has 0 saturated carbocycles. The molecule has 4 nitrogen and oxygen atoms in total. The number of aryl methyl sites for hydroxylation is 1. The normalized spacial score (nSPS) is 14.5. The van der Waals surface area contributed by atoms with Crippen molar-refractivity contribution in [1.82, 2.24) is 0 Å². The standard InChI is InChI=1S/C13H19O4PS/c1-5-16-18(14,17-6-2)12(4)19(15)13-9-7-11(3)8-10-13/h7-10H,4-6H2,1-3H3/t19-/m1/s1/i4D2. The summed E-state index contributed by atoms with van der Waals surface area (Å²) in [5, 5.41) is 0. The highest BCUT2D eigenvalue weighted by molar-refractivity contribution is 7.98. The van der Waals surface area contributed by atoms with Gasteiger partial charge in [-0.15, -0.1) is 0 Å². The van der Waals surface area contributed by atoms with Crippen molar-refractivity contribution in [3.63, 3.8) is 0 Å². The quantitative estimate of drug-likeness (QED) is 0.718. The van der Waals surface area contributed by atoms with E-state index in [1.807, 2.05) is 6.92 Å². The smallest absolute Gasteiger partial charge is 0.305 e. The van der Waals surface area contributed by atoms with Crippen LogP contribution in [0, 0.1) is 6.92 Å². The topological polar surface area (TPSA) is 52.6 Å². The summed E-state index contributed by atoms with van der Waals surface area (Å²) in [7, 11) is -5.86. The number of rotatable bonds is 7. The van der Waals surface area contributed by atoms with Gasteiger partial charge in [-0.3, -0.25) is 4.57 Å². The Bertz CT molecular complexity index is 572. The van der Waals surface area contributed by atoms with Crippen LogP contribution in [0.4, 0.5) is 0 Å². The molecule has 0 N–H and O–H groups in total. The molecule has 0 unspecified atom stereocenters. The molecule has 0 bridgehead atoms. The van der Waals surface area contributed by atoms with Crippen molar-refractivity contribution in [3.8, 4) is 0 Å². The average Bonchev–Trinajstić information content (AvgIpc) is 2.39. The molecule has 0 heterocycles. The Balaban J connectivity index is 3.30. The molecule has 19 heavy (non-hydrogen) atoms. The van der Waals surface area contributed by atoms with Crippen LogP contribution in [0.15, 0.2) is 40.3 Å². The molecular formula is C13H19O4PS. The van der Waals surface area contributed by atoms with Crippen molar-refractivity contribution >= 4 is 18.4 Å². The molecule has 106 valence electrons. The van der Waals surface area contributed by atoms with E-state index < -0.39 is 29.6 Å². The third kappa shape index (κ3) is 4.11. The summed E-state index contributed by atoms with van der Waals surface area (Å²) in [6, 6.07) is 6.72. The minimum Gasteiger partial charge on any atom is -0.305 e. The van der Waals surface area contributed by atoms with Gasteiger partial charge in [-0.05, 0) is 32.9 Å². The van der Waals surface area contributed by atoms with Gasteiger partial charge in [-0.25, -0.2) is 4.21 Å². The summed E-state index contributed by atoms with van der Waals surface area (Å²) in [6.07, 6.45) is 0. The molecule has 1 aromatic carbocycles. The highest BCUT2D eigenvalue weighted by Crippen LogP contribution is 2.57. The van der Waals surface area contributed by atoms with Gasteiger partial charge in [0.25, 0.3) is 0 Å². The Hall–Kier alpha value is -0.740. The first kappa shape index (κ1) is 13.3. The van der Waals surface area contributed by atoms with E-state index in [-0.39, 0.29) is 13.2 Å². The van der Waals surface area contributed by atoms with E-state index in [1.165, 1.54) is 0 Å². The molecule has 0 amide bonds. The largest absolute Gasteiger partial charge is 0.369 e. The summed E-state index contributed by atoms with van der Waals surface area (Å²) in [5.41, 5.74) is 0.982. The molecule has 0 saturated heterocycles. The van der Waals surface area contributed by atoms with Gasteiger partial charge in [0.2, 0.25) is 0 Å². The first-order valence-electron chi connectivity index (χ1n) is 6.91. The van der Waals surface area contributed by atoms with Crippen LogP contribution in [-0.4, -0.2) is 17.4 Å². The van der Waals surface area contributed by atoms with E-state index in [9.17, 15) is 8.77 Å². The molecule has 0 aromatic heterocycles.